The van der Waals surface area contributed by atoms with Crippen LogP contribution in [0.3, 0.4) is 0 Å². The summed E-state index contributed by atoms with van der Waals surface area (Å²) in [6.07, 6.45) is 3.22. The Labute approximate surface area is 193 Å². The predicted octanol–water partition coefficient (Wildman–Crippen LogP) is 3.30. The Morgan fingerprint density at radius 3 is 2.59 bits per heavy atom. The molecule has 9 nitrogen and oxygen atoms in total. The van der Waals surface area contributed by atoms with E-state index in [0.29, 0.717) is 30.8 Å². The lowest BCUT2D eigenvalue weighted by Crippen LogP contribution is -2.48. The first-order chi connectivity index (χ1) is 16.4. The van der Waals surface area contributed by atoms with Crippen molar-refractivity contribution in [3.8, 4) is 11.5 Å². The first-order valence-corrected chi connectivity index (χ1v) is 10.7. The van der Waals surface area contributed by atoms with E-state index in [1.54, 1.807) is 13.3 Å². The minimum Gasteiger partial charge on any atom is -0.464 e. The molecule has 0 spiro atoms. The van der Waals surface area contributed by atoms with E-state index in [1.807, 2.05) is 6.92 Å². The summed E-state index contributed by atoms with van der Waals surface area (Å²) in [6, 6.07) is 3.85. The van der Waals surface area contributed by atoms with Gasteiger partial charge in [-0.05, 0) is 6.07 Å². The van der Waals surface area contributed by atoms with E-state index in [4.69, 9.17) is 18.9 Å². The number of H-pyrrole nitrogens is 1. The largest absolute Gasteiger partial charge is 0.464 e. The third-order valence-corrected chi connectivity index (χ3v) is 6.09. The zero-order valence-electron chi connectivity index (χ0n) is 18.7. The molecule has 34 heavy (non-hydrogen) atoms. The van der Waals surface area contributed by atoms with Gasteiger partial charge in [-0.2, -0.15) is 0 Å². The van der Waals surface area contributed by atoms with Crippen molar-refractivity contribution in [3.05, 3.63) is 47.8 Å². The molecular formula is C23H24F2N4O5. The van der Waals surface area contributed by atoms with Crippen LogP contribution in [-0.2, 0) is 19.8 Å². The van der Waals surface area contributed by atoms with Crippen LogP contribution in [0.15, 0.2) is 35.6 Å². The summed E-state index contributed by atoms with van der Waals surface area (Å²) in [4.78, 5) is 11.5. The molecule has 1 aromatic carbocycles. The van der Waals surface area contributed by atoms with Gasteiger partial charge < -0.3 is 34.4 Å². The van der Waals surface area contributed by atoms with Crippen LogP contribution < -0.4 is 10.1 Å². The maximum Gasteiger partial charge on any atom is 0.289 e. The smallest absolute Gasteiger partial charge is 0.289 e. The molecule has 2 aliphatic rings. The molecule has 0 saturated carbocycles. The first-order valence-electron chi connectivity index (χ1n) is 10.7. The Hall–Kier alpha value is -3.28. The number of aliphatic imine (C=N–C) groups is 1. The number of hydrogen-bond donors (Lipinski definition) is 3. The Balaban J connectivity index is 1.42. The molecule has 2 aromatic heterocycles. The molecule has 11 heteroatoms. The average molecular weight is 474 g/mol. The second-order valence-electron chi connectivity index (χ2n) is 8.80. The second-order valence-corrected chi connectivity index (χ2v) is 8.80. The first kappa shape index (κ1) is 22.5. The van der Waals surface area contributed by atoms with E-state index in [-0.39, 0.29) is 30.7 Å². The number of amidine groups is 1. The molecule has 3 N–H and O–H groups in total. The average Bonchev–Trinajstić information content (AvgIpc) is 3.23. The van der Waals surface area contributed by atoms with Crippen molar-refractivity contribution >= 4 is 22.7 Å². The summed E-state index contributed by atoms with van der Waals surface area (Å²) >= 11 is 0. The highest BCUT2D eigenvalue weighted by Gasteiger charge is 2.43. The number of methoxy groups -OCH3 is 1. The molecule has 0 aliphatic carbocycles. The molecule has 5 rings (SSSR count). The van der Waals surface area contributed by atoms with Gasteiger partial charge in [0.05, 0.1) is 31.8 Å². The van der Waals surface area contributed by atoms with Gasteiger partial charge >= 0.3 is 0 Å². The van der Waals surface area contributed by atoms with Crippen molar-refractivity contribution in [1.29, 1.82) is 0 Å². The van der Waals surface area contributed by atoms with E-state index >= 15 is 0 Å². The number of nitrogens with zero attached hydrogens (tertiary/aromatic N) is 2. The lowest BCUT2D eigenvalue weighted by molar-refractivity contribution is -0.201. The van der Waals surface area contributed by atoms with Crippen LogP contribution in [0.25, 0.3) is 11.0 Å². The molecule has 0 radical (unpaired) electrons. The van der Waals surface area contributed by atoms with Gasteiger partial charge in [-0.1, -0.05) is 6.92 Å². The molecule has 180 valence electrons. The van der Waals surface area contributed by atoms with Crippen molar-refractivity contribution in [3.63, 3.8) is 0 Å². The van der Waals surface area contributed by atoms with E-state index < -0.39 is 28.4 Å². The summed E-state index contributed by atoms with van der Waals surface area (Å²) < 4.78 is 52.1. The maximum absolute atomic E-state index is 14.9. The van der Waals surface area contributed by atoms with Crippen LogP contribution in [-0.4, -0.2) is 61.2 Å². The van der Waals surface area contributed by atoms with Crippen LogP contribution in [0.2, 0.25) is 0 Å². The van der Waals surface area contributed by atoms with Crippen LogP contribution in [0.1, 0.15) is 12.5 Å². The van der Waals surface area contributed by atoms with Gasteiger partial charge in [0.25, 0.3) is 6.02 Å². The van der Waals surface area contributed by atoms with Crippen molar-refractivity contribution in [2.75, 3.05) is 45.4 Å². The SMILES string of the molecule is COC1(c2c[nH]c3nccc(Oc4c(F)cc(NC5=NCC(C)(CO)CO5)cc4F)c23)COC1. The topological polar surface area (TPSA) is 110 Å². The van der Waals surface area contributed by atoms with Gasteiger partial charge in [0.1, 0.15) is 23.6 Å². The molecule has 2 aliphatic heterocycles. The molecular weight excluding hydrogens is 450 g/mol. The van der Waals surface area contributed by atoms with E-state index in [1.165, 1.54) is 12.3 Å². The summed E-state index contributed by atoms with van der Waals surface area (Å²) in [6.45, 7) is 2.99. The van der Waals surface area contributed by atoms with E-state index in [0.717, 1.165) is 17.7 Å². The number of fused-ring (bicyclic) bond motifs is 1. The molecule has 0 amide bonds. The Bertz CT molecular complexity index is 1230. The zero-order valence-corrected chi connectivity index (χ0v) is 18.7. The third kappa shape index (κ3) is 3.85. The van der Waals surface area contributed by atoms with Crippen LogP contribution in [0.5, 0.6) is 11.5 Å². The second kappa shape index (κ2) is 8.49. The van der Waals surface area contributed by atoms with Crippen molar-refractivity contribution < 1.29 is 32.8 Å². The summed E-state index contributed by atoms with van der Waals surface area (Å²) in [5.74, 6) is -2.14. The van der Waals surface area contributed by atoms with Gasteiger partial charge in [-0.15, -0.1) is 0 Å². The van der Waals surface area contributed by atoms with E-state index in [9.17, 15) is 13.9 Å². The summed E-state index contributed by atoms with van der Waals surface area (Å²) in [7, 11) is 1.58. The number of ether oxygens (including phenoxy) is 4. The Kier molecular flexibility index (Phi) is 5.62. The molecule has 1 unspecified atom stereocenters. The molecule has 0 bridgehead atoms. The minimum absolute atomic E-state index is 0.0806. The fourth-order valence-electron chi connectivity index (χ4n) is 3.87. The van der Waals surface area contributed by atoms with Gasteiger partial charge in [-0.25, -0.2) is 18.8 Å². The number of rotatable bonds is 6. The number of pyridine rings is 1. The molecule has 4 heterocycles. The fourth-order valence-corrected chi connectivity index (χ4v) is 3.87. The Morgan fingerprint density at radius 1 is 1.24 bits per heavy atom. The lowest BCUT2D eigenvalue weighted by atomic mass is 9.91. The van der Waals surface area contributed by atoms with Crippen LogP contribution in [0, 0.1) is 17.0 Å². The number of nitrogens with one attached hydrogen (secondary N) is 2. The number of aliphatic hydroxyl groups is 1. The zero-order chi connectivity index (χ0) is 23.9. The van der Waals surface area contributed by atoms with Gasteiger partial charge in [-0.3, -0.25) is 0 Å². The van der Waals surface area contributed by atoms with Crippen LogP contribution >= 0.6 is 0 Å². The highest BCUT2D eigenvalue weighted by Crippen LogP contribution is 2.42. The third-order valence-electron chi connectivity index (χ3n) is 6.09. The number of anilines is 1. The number of halogens is 2. The van der Waals surface area contributed by atoms with Crippen molar-refractivity contribution in [2.45, 2.75) is 12.5 Å². The monoisotopic (exact) mass is 474 g/mol. The van der Waals surface area contributed by atoms with E-state index in [2.05, 4.69) is 20.3 Å². The molecule has 1 atom stereocenters. The van der Waals surface area contributed by atoms with Gasteiger partial charge in [0, 0.05) is 48.3 Å². The fraction of sp³-hybridized carbons (Fsp3) is 0.391. The van der Waals surface area contributed by atoms with Crippen molar-refractivity contribution in [2.24, 2.45) is 10.4 Å². The predicted molar refractivity (Wildman–Crippen MR) is 119 cm³/mol. The quantitative estimate of drug-likeness (QED) is 0.503. The minimum atomic E-state index is -0.908. The number of aliphatic hydroxyl groups excluding tert-OH is 1. The van der Waals surface area contributed by atoms with Crippen molar-refractivity contribution in [1.82, 2.24) is 9.97 Å². The number of aromatic nitrogens is 2. The summed E-state index contributed by atoms with van der Waals surface area (Å²) in [5, 5.41) is 12.7. The molecule has 3 aromatic rings. The number of aromatic amines is 1. The highest BCUT2D eigenvalue weighted by molar-refractivity contribution is 5.90. The van der Waals surface area contributed by atoms with Gasteiger partial charge in [0.2, 0.25) is 0 Å². The summed E-state index contributed by atoms with van der Waals surface area (Å²) in [5.41, 5.74) is 0.176. The highest BCUT2D eigenvalue weighted by atomic mass is 19.1. The van der Waals surface area contributed by atoms with Gasteiger partial charge in [0.15, 0.2) is 17.4 Å². The molecule has 1 fully saturated rings. The number of hydrogen-bond acceptors (Lipinski definition) is 8. The molecule has 1 saturated heterocycles. The number of benzene rings is 1. The van der Waals surface area contributed by atoms with Crippen LogP contribution in [0.4, 0.5) is 14.5 Å². The normalized spacial score (nSPS) is 21.5. The lowest BCUT2D eigenvalue weighted by Gasteiger charge is -2.39. The Morgan fingerprint density at radius 2 is 2.00 bits per heavy atom. The maximum atomic E-state index is 14.9. The standard InChI is InChI=1S/C23H24F2N4O5/c1-22(9-30)8-28-21(33-10-22)29-13-5-15(24)19(16(25)6-13)34-17-3-4-26-20-18(17)14(7-27-20)23(31-2)11-32-12-23/h3-7,30H,8-12H2,1-2H3,(H,26,27)(H,28,29).